The maximum Gasteiger partial charge on any atom is 0.437 e. The van der Waals surface area contributed by atoms with Crippen LogP contribution < -0.4 is 10.6 Å². The molecule has 27 heavy (non-hydrogen) atoms. The number of nitrogens with one attached hydrogen (secondary N) is 2. The van der Waals surface area contributed by atoms with Crippen molar-refractivity contribution in [2.24, 2.45) is 13.0 Å². The number of alkyl halides is 3. The van der Waals surface area contributed by atoms with Crippen molar-refractivity contribution in [2.45, 2.75) is 37.4 Å². The van der Waals surface area contributed by atoms with Crippen molar-refractivity contribution in [3.05, 3.63) is 47.3 Å². The predicted molar refractivity (Wildman–Crippen MR) is 94.5 cm³/mol. The van der Waals surface area contributed by atoms with E-state index in [4.69, 9.17) is 0 Å². The van der Waals surface area contributed by atoms with E-state index in [2.05, 4.69) is 15.7 Å². The molecule has 0 unspecified atom stereocenters. The number of halogens is 3. The van der Waals surface area contributed by atoms with Gasteiger partial charge in [0.2, 0.25) is 0 Å². The van der Waals surface area contributed by atoms with Crippen LogP contribution in [0.25, 0.3) is 0 Å². The Morgan fingerprint density at radius 2 is 1.96 bits per heavy atom. The van der Waals surface area contributed by atoms with Crippen molar-refractivity contribution in [1.82, 2.24) is 15.1 Å². The fourth-order valence-electron chi connectivity index (χ4n) is 3.29. The molecule has 0 aliphatic heterocycles. The number of anilines is 1. The van der Waals surface area contributed by atoms with Crippen molar-refractivity contribution in [3.8, 4) is 0 Å². The molecule has 2 aliphatic carbocycles. The molecule has 0 radical (unpaired) electrons. The van der Waals surface area contributed by atoms with Crippen molar-refractivity contribution < 1.29 is 18.0 Å². The summed E-state index contributed by atoms with van der Waals surface area (Å²) in [5.41, 5.74) is 0.0270. The highest BCUT2D eigenvalue weighted by atomic mass is 19.4. The second kappa shape index (κ2) is 6.67. The van der Waals surface area contributed by atoms with Crippen LogP contribution >= 0.6 is 0 Å². The zero-order valence-corrected chi connectivity index (χ0v) is 14.9. The van der Waals surface area contributed by atoms with Gasteiger partial charge in [0.1, 0.15) is 0 Å². The lowest BCUT2D eigenvalue weighted by atomic mass is 10.1. The number of hydrogen-bond acceptors (Lipinski definition) is 3. The third-order valence-electron chi connectivity index (χ3n) is 5.10. The Hall–Kier alpha value is -2.35. The minimum Gasteiger partial charge on any atom is -0.319 e. The molecule has 2 N–H and O–H groups in total. The number of rotatable bonds is 6. The number of benzene rings is 1. The summed E-state index contributed by atoms with van der Waals surface area (Å²) in [6.45, 7) is 1.08. The second-order valence-electron chi connectivity index (χ2n) is 7.44. The average molecular weight is 378 g/mol. The fourth-order valence-corrected chi connectivity index (χ4v) is 3.29. The molecule has 1 amide bonds. The maximum atomic E-state index is 13.0. The topological polar surface area (TPSA) is 59.0 Å². The van der Waals surface area contributed by atoms with Gasteiger partial charge in [0.05, 0.1) is 5.69 Å². The first kappa shape index (κ1) is 18.0. The highest BCUT2D eigenvalue weighted by Gasteiger charge is 2.39. The minimum absolute atomic E-state index is 0.318. The molecule has 1 aromatic heterocycles. The van der Waals surface area contributed by atoms with E-state index < -0.39 is 17.8 Å². The molecule has 1 heterocycles. The van der Waals surface area contributed by atoms with Gasteiger partial charge in [-0.05, 0) is 49.4 Å². The van der Waals surface area contributed by atoms with Crippen LogP contribution in [0.4, 0.5) is 18.9 Å². The van der Waals surface area contributed by atoms with Crippen LogP contribution in [0.15, 0.2) is 30.5 Å². The van der Waals surface area contributed by atoms with Gasteiger partial charge in [0.15, 0.2) is 5.69 Å². The van der Waals surface area contributed by atoms with Gasteiger partial charge >= 0.3 is 6.18 Å². The van der Waals surface area contributed by atoms with E-state index in [-0.39, 0.29) is 5.69 Å². The molecule has 5 nitrogen and oxygen atoms in total. The number of amides is 1. The summed E-state index contributed by atoms with van der Waals surface area (Å²) in [4.78, 5) is 12.3. The lowest BCUT2D eigenvalue weighted by molar-refractivity contribution is -0.140. The first-order chi connectivity index (χ1) is 12.8. The Morgan fingerprint density at radius 1 is 1.26 bits per heavy atom. The third kappa shape index (κ3) is 4.16. The normalized spacial score (nSPS) is 21.9. The largest absolute Gasteiger partial charge is 0.437 e. The summed E-state index contributed by atoms with van der Waals surface area (Å²) in [5, 5.41) is 9.26. The highest BCUT2D eigenvalue weighted by molar-refractivity contribution is 6.04. The van der Waals surface area contributed by atoms with Gasteiger partial charge in [-0.25, -0.2) is 0 Å². The number of carbonyl (C=O) groups is 1. The van der Waals surface area contributed by atoms with Gasteiger partial charge in [0, 0.05) is 30.8 Å². The monoisotopic (exact) mass is 378 g/mol. The fraction of sp³-hybridized carbons (Fsp3) is 0.474. The zero-order chi connectivity index (χ0) is 19.2. The van der Waals surface area contributed by atoms with Gasteiger partial charge in [-0.2, -0.15) is 18.3 Å². The SMILES string of the molecule is Cn1cc(NC(=O)c2ccc([C@@H]3C[C@H]3NCC3CC3)cc2)c(C(F)(F)F)n1. The van der Waals surface area contributed by atoms with E-state index in [0.717, 1.165) is 35.3 Å². The van der Waals surface area contributed by atoms with Gasteiger partial charge in [-0.15, -0.1) is 0 Å². The van der Waals surface area contributed by atoms with Crippen LogP contribution in [0.3, 0.4) is 0 Å². The molecule has 2 saturated carbocycles. The third-order valence-corrected chi connectivity index (χ3v) is 5.10. The summed E-state index contributed by atoms with van der Waals surface area (Å²) in [5.74, 6) is 0.710. The van der Waals surface area contributed by atoms with Gasteiger partial charge in [-0.3, -0.25) is 9.48 Å². The Kier molecular flexibility index (Phi) is 4.46. The standard InChI is InChI=1S/C19H21F3N4O/c1-26-10-16(17(25-26)19(20,21)22)24-18(27)13-6-4-12(5-7-13)14-8-15(14)23-9-11-2-3-11/h4-7,10-11,14-15,23H,2-3,8-9H2,1H3,(H,24,27)/t14-,15+/m0/s1. The molecule has 1 aromatic carbocycles. The van der Waals surface area contributed by atoms with E-state index in [9.17, 15) is 18.0 Å². The Balaban J connectivity index is 1.38. The number of nitrogens with zero attached hydrogens (tertiary/aromatic N) is 2. The molecule has 144 valence electrons. The Bertz CT molecular complexity index is 840. The summed E-state index contributed by atoms with van der Waals surface area (Å²) < 4.78 is 40.0. The number of hydrogen-bond donors (Lipinski definition) is 2. The summed E-state index contributed by atoms with van der Waals surface area (Å²) in [6, 6.07) is 7.57. The zero-order valence-electron chi connectivity index (χ0n) is 14.9. The summed E-state index contributed by atoms with van der Waals surface area (Å²) in [7, 11) is 1.38. The quantitative estimate of drug-likeness (QED) is 0.808. The Labute approximate surface area is 154 Å². The van der Waals surface area contributed by atoms with Crippen molar-refractivity contribution in [2.75, 3.05) is 11.9 Å². The molecule has 4 rings (SSSR count). The highest BCUT2D eigenvalue weighted by Crippen LogP contribution is 2.41. The predicted octanol–water partition coefficient (Wildman–Crippen LogP) is 3.55. The summed E-state index contributed by atoms with van der Waals surface area (Å²) >= 11 is 0. The minimum atomic E-state index is -4.62. The van der Waals surface area contributed by atoms with Crippen molar-refractivity contribution in [3.63, 3.8) is 0 Å². The molecule has 2 aliphatic rings. The molecule has 2 atom stereocenters. The Morgan fingerprint density at radius 3 is 2.59 bits per heavy atom. The lowest BCUT2D eigenvalue weighted by Crippen LogP contribution is -2.20. The van der Waals surface area contributed by atoms with Crippen molar-refractivity contribution in [1.29, 1.82) is 0 Å². The van der Waals surface area contributed by atoms with Crippen LogP contribution in [0.1, 0.15) is 46.8 Å². The van der Waals surface area contributed by atoms with E-state index in [1.165, 1.54) is 19.9 Å². The molecular weight excluding hydrogens is 357 g/mol. The maximum absolute atomic E-state index is 13.0. The van der Waals surface area contributed by atoms with E-state index >= 15 is 0 Å². The van der Waals surface area contributed by atoms with Crippen LogP contribution in [-0.4, -0.2) is 28.3 Å². The number of aryl methyl sites for hydroxylation is 1. The molecule has 0 saturated heterocycles. The molecular formula is C19H21F3N4O. The number of aromatic nitrogens is 2. The smallest absolute Gasteiger partial charge is 0.319 e. The van der Waals surface area contributed by atoms with Gasteiger partial charge in [-0.1, -0.05) is 12.1 Å². The second-order valence-corrected chi connectivity index (χ2v) is 7.44. The van der Waals surface area contributed by atoms with Crippen LogP contribution in [-0.2, 0) is 13.2 Å². The molecule has 0 spiro atoms. The van der Waals surface area contributed by atoms with E-state index in [1.807, 2.05) is 12.1 Å². The lowest BCUT2D eigenvalue weighted by Gasteiger charge is -2.08. The van der Waals surface area contributed by atoms with Gasteiger partial charge < -0.3 is 10.6 Å². The average Bonchev–Trinajstić information content (AvgIpc) is 3.51. The summed E-state index contributed by atoms with van der Waals surface area (Å²) in [6.07, 6.45) is 0.253. The van der Waals surface area contributed by atoms with E-state index in [0.29, 0.717) is 17.5 Å². The molecule has 8 heteroatoms. The van der Waals surface area contributed by atoms with E-state index in [1.54, 1.807) is 12.1 Å². The van der Waals surface area contributed by atoms with Gasteiger partial charge in [0.25, 0.3) is 5.91 Å². The van der Waals surface area contributed by atoms with Crippen LogP contribution in [0, 0.1) is 5.92 Å². The first-order valence-corrected chi connectivity index (χ1v) is 9.07. The molecule has 2 aromatic rings. The molecule has 2 fully saturated rings. The number of carbonyl (C=O) groups excluding carboxylic acids is 1. The molecule has 0 bridgehead atoms. The van der Waals surface area contributed by atoms with Crippen LogP contribution in [0.2, 0.25) is 0 Å². The first-order valence-electron chi connectivity index (χ1n) is 9.07. The van der Waals surface area contributed by atoms with Crippen molar-refractivity contribution >= 4 is 11.6 Å². The van der Waals surface area contributed by atoms with Crippen LogP contribution in [0.5, 0.6) is 0 Å².